The number of ether oxygens (including phenoxy) is 1. The fraction of sp³-hybridized carbons (Fsp3) is 0.538. The van der Waals surface area contributed by atoms with E-state index in [0.717, 1.165) is 5.56 Å². The zero-order chi connectivity index (χ0) is 14.8. The molecule has 0 bridgehead atoms. The molecular weight excluding hydrogens is 346 g/mol. The molecule has 0 atom stereocenters. The van der Waals surface area contributed by atoms with Crippen molar-refractivity contribution in [3.8, 4) is 0 Å². The molecule has 1 aliphatic heterocycles. The van der Waals surface area contributed by atoms with Crippen molar-refractivity contribution < 1.29 is 18.3 Å². The second-order valence-electron chi connectivity index (χ2n) is 4.75. The highest BCUT2D eigenvalue weighted by molar-refractivity contribution is 9.10. The van der Waals surface area contributed by atoms with Crippen molar-refractivity contribution in [2.24, 2.45) is 0 Å². The van der Waals surface area contributed by atoms with Gasteiger partial charge >= 0.3 is 0 Å². The lowest BCUT2D eigenvalue weighted by atomic mass is 10.1. The molecule has 1 aromatic rings. The normalized spacial score (nSPS) is 17.9. The Hall–Kier alpha value is -0.470. The van der Waals surface area contributed by atoms with Gasteiger partial charge in [-0.25, -0.2) is 8.42 Å². The summed E-state index contributed by atoms with van der Waals surface area (Å²) in [7, 11) is -3.58. The molecule has 1 aliphatic rings. The van der Waals surface area contributed by atoms with Crippen LogP contribution in [0.2, 0.25) is 0 Å². The summed E-state index contributed by atoms with van der Waals surface area (Å²) in [6.07, 6.45) is 0.690. The number of hydrogen-bond acceptors (Lipinski definition) is 4. The van der Waals surface area contributed by atoms with Crippen LogP contribution in [0.1, 0.15) is 17.5 Å². The maximum atomic E-state index is 12.7. The predicted octanol–water partition coefficient (Wildman–Crippen LogP) is 1.66. The first-order chi connectivity index (χ1) is 9.46. The minimum absolute atomic E-state index is 0.181. The highest BCUT2D eigenvalue weighted by Crippen LogP contribution is 2.30. The molecular formula is C13H18BrNO4S. The van der Waals surface area contributed by atoms with Crippen LogP contribution in [0.4, 0.5) is 0 Å². The smallest absolute Gasteiger partial charge is 0.244 e. The van der Waals surface area contributed by atoms with E-state index in [-0.39, 0.29) is 11.5 Å². The summed E-state index contributed by atoms with van der Waals surface area (Å²) in [5.74, 6) is 0. The third-order valence-corrected chi connectivity index (χ3v) is 6.50. The van der Waals surface area contributed by atoms with Gasteiger partial charge in [0.25, 0.3) is 0 Å². The Bertz CT molecular complexity index is 580. The highest BCUT2D eigenvalue weighted by Gasteiger charge is 2.28. The predicted molar refractivity (Wildman–Crippen MR) is 79.0 cm³/mol. The van der Waals surface area contributed by atoms with E-state index in [9.17, 15) is 13.5 Å². The van der Waals surface area contributed by atoms with Crippen molar-refractivity contribution in [2.45, 2.75) is 24.8 Å². The van der Waals surface area contributed by atoms with Gasteiger partial charge in [-0.3, -0.25) is 0 Å². The average molecular weight is 364 g/mol. The van der Waals surface area contributed by atoms with Crippen LogP contribution in [0.15, 0.2) is 21.5 Å². The van der Waals surface area contributed by atoms with E-state index in [1.165, 1.54) is 10.4 Å². The number of benzene rings is 1. The van der Waals surface area contributed by atoms with Crippen LogP contribution in [0.3, 0.4) is 0 Å². The van der Waals surface area contributed by atoms with Crippen LogP contribution >= 0.6 is 15.9 Å². The second kappa shape index (κ2) is 6.53. The fourth-order valence-electron chi connectivity index (χ4n) is 2.19. The lowest BCUT2D eigenvalue weighted by molar-refractivity contribution is 0.148. The number of rotatable bonds is 3. The van der Waals surface area contributed by atoms with Crippen LogP contribution < -0.4 is 0 Å². The maximum absolute atomic E-state index is 12.7. The molecule has 0 unspecified atom stereocenters. The first kappa shape index (κ1) is 15.9. The largest absolute Gasteiger partial charge is 0.392 e. The Labute approximate surface area is 127 Å². The Morgan fingerprint density at radius 1 is 1.35 bits per heavy atom. The Morgan fingerprint density at radius 3 is 2.80 bits per heavy atom. The molecule has 1 heterocycles. The van der Waals surface area contributed by atoms with Crippen LogP contribution in [0, 0.1) is 6.92 Å². The van der Waals surface area contributed by atoms with E-state index in [4.69, 9.17) is 4.74 Å². The van der Waals surface area contributed by atoms with Gasteiger partial charge in [0.15, 0.2) is 0 Å². The Morgan fingerprint density at radius 2 is 2.10 bits per heavy atom. The zero-order valence-corrected chi connectivity index (χ0v) is 13.7. The molecule has 1 fully saturated rings. The van der Waals surface area contributed by atoms with Crippen molar-refractivity contribution in [3.05, 3.63) is 27.7 Å². The molecule has 20 heavy (non-hydrogen) atoms. The van der Waals surface area contributed by atoms with E-state index >= 15 is 0 Å². The number of aliphatic hydroxyl groups is 1. The number of aryl methyl sites for hydroxylation is 1. The van der Waals surface area contributed by atoms with Crippen LogP contribution in [-0.4, -0.2) is 44.1 Å². The van der Waals surface area contributed by atoms with Gasteiger partial charge < -0.3 is 9.84 Å². The van der Waals surface area contributed by atoms with E-state index in [2.05, 4.69) is 15.9 Å². The SMILES string of the molecule is Cc1cc(CO)cc(S(=O)(=O)N2CCCOCC2)c1Br. The van der Waals surface area contributed by atoms with Gasteiger partial charge in [-0.2, -0.15) is 4.31 Å². The van der Waals surface area contributed by atoms with Gasteiger partial charge in [-0.1, -0.05) is 6.07 Å². The molecule has 112 valence electrons. The quantitative estimate of drug-likeness (QED) is 0.886. The summed E-state index contributed by atoms with van der Waals surface area (Å²) < 4.78 is 32.8. The standard InChI is InChI=1S/C13H18BrNO4S/c1-10-7-11(9-16)8-12(13(10)14)20(17,18)15-3-2-5-19-6-4-15/h7-8,16H,2-6,9H2,1H3. The molecule has 2 rings (SSSR count). The van der Waals surface area contributed by atoms with Crippen molar-refractivity contribution in [2.75, 3.05) is 26.3 Å². The second-order valence-corrected chi connectivity index (χ2v) is 7.45. The Balaban J connectivity index is 2.45. The van der Waals surface area contributed by atoms with Gasteiger partial charge in [-0.05, 0) is 46.5 Å². The fourth-order valence-corrected chi connectivity index (χ4v) is 4.68. The summed E-state index contributed by atoms with van der Waals surface area (Å²) in [5, 5.41) is 9.25. The molecule has 0 radical (unpaired) electrons. The lowest BCUT2D eigenvalue weighted by Crippen LogP contribution is -2.33. The topological polar surface area (TPSA) is 66.8 Å². The van der Waals surface area contributed by atoms with Gasteiger partial charge in [0, 0.05) is 24.2 Å². The third-order valence-electron chi connectivity index (χ3n) is 3.26. The Kier molecular flexibility index (Phi) is 5.19. The minimum atomic E-state index is -3.58. The highest BCUT2D eigenvalue weighted by atomic mass is 79.9. The van der Waals surface area contributed by atoms with Crippen molar-refractivity contribution >= 4 is 26.0 Å². The molecule has 0 aromatic heterocycles. The zero-order valence-electron chi connectivity index (χ0n) is 11.3. The van der Waals surface area contributed by atoms with Gasteiger partial charge in [-0.15, -0.1) is 0 Å². The number of aliphatic hydroxyl groups excluding tert-OH is 1. The van der Waals surface area contributed by atoms with Crippen LogP contribution in [0.5, 0.6) is 0 Å². The van der Waals surface area contributed by atoms with Crippen LogP contribution in [0.25, 0.3) is 0 Å². The molecule has 5 nitrogen and oxygen atoms in total. The summed E-state index contributed by atoms with van der Waals surface area (Å²) in [4.78, 5) is 0.212. The van der Waals surface area contributed by atoms with E-state index in [1.807, 2.05) is 6.92 Å². The van der Waals surface area contributed by atoms with Crippen molar-refractivity contribution in [1.29, 1.82) is 0 Å². The number of hydrogen-bond donors (Lipinski definition) is 1. The number of sulfonamides is 1. The monoisotopic (exact) mass is 363 g/mol. The molecule has 1 aromatic carbocycles. The summed E-state index contributed by atoms with van der Waals surface area (Å²) in [5.41, 5.74) is 1.39. The molecule has 0 amide bonds. The number of halogens is 1. The van der Waals surface area contributed by atoms with Crippen molar-refractivity contribution in [1.82, 2.24) is 4.31 Å². The molecule has 1 saturated heterocycles. The lowest BCUT2D eigenvalue weighted by Gasteiger charge is -2.21. The van der Waals surface area contributed by atoms with Gasteiger partial charge in [0.1, 0.15) is 0 Å². The first-order valence-electron chi connectivity index (χ1n) is 6.44. The number of nitrogens with zero attached hydrogens (tertiary/aromatic N) is 1. The van der Waals surface area contributed by atoms with E-state index in [1.54, 1.807) is 6.07 Å². The van der Waals surface area contributed by atoms with Gasteiger partial charge in [0.05, 0.1) is 18.1 Å². The van der Waals surface area contributed by atoms with E-state index < -0.39 is 10.0 Å². The maximum Gasteiger partial charge on any atom is 0.244 e. The van der Waals surface area contributed by atoms with Crippen molar-refractivity contribution in [3.63, 3.8) is 0 Å². The molecule has 7 heteroatoms. The molecule has 0 saturated carbocycles. The summed E-state index contributed by atoms with van der Waals surface area (Å²) >= 11 is 3.35. The summed E-state index contributed by atoms with van der Waals surface area (Å²) in [6, 6.07) is 3.30. The minimum Gasteiger partial charge on any atom is -0.392 e. The average Bonchev–Trinajstić information content (AvgIpc) is 2.70. The molecule has 0 aliphatic carbocycles. The third kappa shape index (κ3) is 3.23. The molecule has 0 spiro atoms. The van der Waals surface area contributed by atoms with Gasteiger partial charge in [0.2, 0.25) is 10.0 Å². The van der Waals surface area contributed by atoms with E-state index in [0.29, 0.717) is 42.8 Å². The van der Waals surface area contributed by atoms with Crippen LogP contribution in [-0.2, 0) is 21.4 Å². The summed E-state index contributed by atoms with van der Waals surface area (Å²) in [6.45, 7) is 3.44. The first-order valence-corrected chi connectivity index (χ1v) is 8.68. The molecule has 1 N–H and O–H groups in total.